The molecule has 1 aliphatic heterocycles. The van der Waals surface area contributed by atoms with Crippen molar-refractivity contribution in [3.63, 3.8) is 0 Å². The lowest BCUT2D eigenvalue weighted by Crippen LogP contribution is -2.47. The molecule has 2 amide bonds. The van der Waals surface area contributed by atoms with Gasteiger partial charge in [-0.3, -0.25) is 9.59 Å². The van der Waals surface area contributed by atoms with E-state index in [9.17, 15) is 9.59 Å². The van der Waals surface area contributed by atoms with Gasteiger partial charge in [0.25, 0.3) is 5.91 Å². The fraction of sp³-hybridized carbons (Fsp3) is 0.636. The molecule has 3 rings (SSSR count). The van der Waals surface area contributed by atoms with E-state index < -0.39 is 0 Å². The number of hydrogen-bond acceptors (Lipinski definition) is 5. The van der Waals surface area contributed by atoms with Crippen molar-refractivity contribution in [1.82, 2.24) is 9.80 Å². The molecule has 1 N–H and O–H groups in total. The van der Waals surface area contributed by atoms with Gasteiger partial charge in [-0.2, -0.15) is 0 Å². The maximum atomic E-state index is 12.7. The summed E-state index contributed by atoms with van der Waals surface area (Å²) >= 11 is 0. The van der Waals surface area contributed by atoms with Gasteiger partial charge in [-0.1, -0.05) is 6.92 Å². The van der Waals surface area contributed by atoms with Crippen molar-refractivity contribution in [2.45, 2.75) is 38.3 Å². The summed E-state index contributed by atoms with van der Waals surface area (Å²) in [4.78, 5) is 28.3. The molecule has 4 atom stereocenters. The monoisotopic (exact) mass is 403 g/mol. The predicted octanol–water partition coefficient (Wildman–Crippen LogP) is 2.23. The molecule has 160 valence electrons. The van der Waals surface area contributed by atoms with Crippen LogP contribution in [0.4, 0.5) is 5.69 Å². The van der Waals surface area contributed by atoms with Crippen LogP contribution in [0.1, 0.15) is 26.2 Å². The van der Waals surface area contributed by atoms with Crippen molar-refractivity contribution in [1.29, 1.82) is 0 Å². The van der Waals surface area contributed by atoms with Gasteiger partial charge < -0.3 is 24.6 Å². The molecule has 1 heterocycles. The Hall–Kier alpha value is -2.12. The van der Waals surface area contributed by atoms with E-state index in [0.717, 1.165) is 31.6 Å². The molecule has 1 aromatic carbocycles. The summed E-state index contributed by atoms with van der Waals surface area (Å²) in [5, 5.41) is 2.79. The van der Waals surface area contributed by atoms with Crippen LogP contribution in [0.15, 0.2) is 24.3 Å². The summed E-state index contributed by atoms with van der Waals surface area (Å²) < 4.78 is 11.4. The molecule has 2 fully saturated rings. The summed E-state index contributed by atoms with van der Waals surface area (Å²) in [6.07, 6.45) is 2.72. The first kappa shape index (κ1) is 21.6. The van der Waals surface area contributed by atoms with Crippen LogP contribution in [0.5, 0.6) is 5.75 Å². The third-order valence-corrected chi connectivity index (χ3v) is 6.23. The Morgan fingerprint density at radius 2 is 1.79 bits per heavy atom. The van der Waals surface area contributed by atoms with Gasteiger partial charge in [0.15, 0.2) is 6.61 Å². The molecule has 1 aromatic rings. The molecule has 7 nitrogen and oxygen atoms in total. The number of amides is 2. The fourth-order valence-corrected chi connectivity index (χ4v) is 4.51. The SMILES string of the molecule is CCC(=O)Nc1ccc(OCC(=O)N2C[C@H]3C[C@@H](N(C)C)[C@H](OC)C[C@H]3C2)cc1. The number of fused-ring (bicyclic) bond motifs is 1. The minimum absolute atomic E-state index is 0.0260. The zero-order valence-electron chi connectivity index (χ0n) is 17.9. The smallest absolute Gasteiger partial charge is 0.260 e. The highest BCUT2D eigenvalue weighted by Gasteiger charge is 2.44. The van der Waals surface area contributed by atoms with Gasteiger partial charge in [0.1, 0.15) is 5.75 Å². The van der Waals surface area contributed by atoms with Crippen molar-refractivity contribution in [2.75, 3.05) is 46.2 Å². The Balaban J connectivity index is 1.50. The second-order valence-corrected chi connectivity index (χ2v) is 8.31. The van der Waals surface area contributed by atoms with E-state index in [2.05, 4.69) is 24.3 Å². The van der Waals surface area contributed by atoms with Gasteiger partial charge in [-0.05, 0) is 63.0 Å². The first-order chi connectivity index (χ1) is 13.9. The predicted molar refractivity (Wildman–Crippen MR) is 112 cm³/mol. The van der Waals surface area contributed by atoms with Crippen LogP contribution in [-0.2, 0) is 14.3 Å². The average molecular weight is 404 g/mol. The molecule has 2 aliphatic rings. The maximum Gasteiger partial charge on any atom is 0.260 e. The van der Waals surface area contributed by atoms with Crippen LogP contribution >= 0.6 is 0 Å². The largest absolute Gasteiger partial charge is 0.484 e. The van der Waals surface area contributed by atoms with Crippen LogP contribution in [0.25, 0.3) is 0 Å². The van der Waals surface area contributed by atoms with E-state index in [4.69, 9.17) is 9.47 Å². The summed E-state index contributed by atoms with van der Waals surface area (Å²) in [6, 6.07) is 7.51. The molecular formula is C22H33N3O4. The number of carbonyl (C=O) groups is 2. The van der Waals surface area contributed by atoms with Gasteiger partial charge >= 0.3 is 0 Å². The molecule has 29 heavy (non-hydrogen) atoms. The third-order valence-electron chi connectivity index (χ3n) is 6.23. The molecule has 0 unspecified atom stereocenters. The topological polar surface area (TPSA) is 71.1 Å². The van der Waals surface area contributed by atoms with E-state index in [0.29, 0.717) is 30.0 Å². The number of carbonyl (C=O) groups excluding carboxylic acids is 2. The Bertz CT molecular complexity index is 707. The average Bonchev–Trinajstić information content (AvgIpc) is 3.15. The summed E-state index contributed by atoms with van der Waals surface area (Å²) in [5.41, 5.74) is 0.724. The number of methoxy groups -OCH3 is 1. The van der Waals surface area contributed by atoms with Crippen molar-refractivity contribution < 1.29 is 19.1 Å². The summed E-state index contributed by atoms with van der Waals surface area (Å²) in [6.45, 7) is 3.43. The highest BCUT2D eigenvalue weighted by atomic mass is 16.5. The van der Waals surface area contributed by atoms with Crippen LogP contribution < -0.4 is 10.1 Å². The molecule has 0 radical (unpaired) electrons. The fourth-order valence-electron chi connectivity index (χ4n) is 4.51. The van der Waals surface area contributed by atoms with E-state index in [1.807, 2.05) is 11.8 Å². The van der Waals surface area contributed by atoms with Gasteiger partial charge in [0.05, 0.1) is 6.10 Å². The number of likely N-dealkylation sites (tertiary alicyclic amines) is 1. The molecule has 7 heteroatoms. The molecule has 1 saturated heterocycles. The lowest BCUT2D eigenvalue weighted by Gasteiger charge is -2.40. The first-order valence-electron chi connectivity index (χ1n) is 10.4. The zero-order chi connectivity index (χ0) is 21.0. The third kappa shape index (κ3) is 5.28. The highest BCUT2D eigenvalue weighted by Crippen LogP contribution is 2.38. The number of hydrogen-bond donors (Lipinski definition) is 1. The molecule has 0 bridgehead atoms. The van der Waals surface area contributed by atoms with Crippen LogP contribution in [0.3, 0.4) is 0 Å². The Labute approximate surface area is 173 Å². The minimum Gasteiger partial charge on any atom is -0.484 e. The molecule has 0 spiro atoms. The molecule has 1 aliphatic carbocycles. The van der Waals surface area contributed by atoms with Crippen molar-refractivity contribution in [2.24, 2.45) is 11.8 Å². The van der Waals surface area contributed by atoms with E-state index in [-0.39, 0.29) is 24.5 Å². The summed E-state index contributed by atoms with van der Waals surface area (Å²) in [7, 11) is 5.98. The van der Waals surface area contributed by atoms with Gasteiger partial charge in [0.2, 0.25) is 5.91 Å². The second kappa shape index (κ2) is 9.59. The van der Waals surface area contributed by atoms with Gasteiger partial charge in [0, 0.05) is 38.3 Å². The van der Waals surface area contributed by atoms with Crippen LogP contribution in [0.2, 0.25) is 0 Å². The van der Waals surface area contributed by atoms with E-state index in [1.165, 1.54) is 0 Å². The standard InChI is InChI=1S/C22H33N3O4/c1-5-21(26)23-17-6-8-18(9-7-17)29-14-22(27)25-12-15-10-19(24(2)3)20(28-4)11-16(15)13-25/h6-9,15-16,19-20H,5,10-14H2,1-4H3,(H,23,26)/t15-,16+,19-,20-/m1/s1. The second-order valence-electron chi connectivity index (χ2n) is 8.31. The lowest BCUT2D eigenvalue weighted by molar-refractivity contribution is -0.132. The Kier molecular flexibility index (Phi) is 7.14. The number of ether oxygens (including phenoxy) is 2. The quantitative estimate of drug-likeness (QED) is 0.756. The van der Waals surface area contributed by atoms with Crippen molar-refractivity contribution in [3.05, 3.63) is 24.3 Å². The van der Waals surface area contributed by atoms with Crippen molar-refractivity contribution in [3.8, 4) is 5.75 Å². The van der Waals surface area contributed by atoms with Gasteiger partial charge in [-0.25, -0.2) is 0 Å². The lowest BCUT2D eigenvalue weighted by atomic mass is 9.77. The van der Waals surface area contributed by atoms with Crippen LogP contribution in [0, 0.1) is 11.8 Å². The number of anilines is 1. The van der Waals surface area contributed by atoms with Crippen molar-refractivity contribution >= 4 is 17.5 Å². The Morgan fingerprint density at radius 3 is 2.38 bits per heavy atom. The Morgan fingerprint density at radius 1 is 1.14 bits per heavy atom. The highest BCUT2D eigenvalue weighted by molar-refractivity contribution is 5.90. The van der Waals surface area contributed by atoms with Gasteiger partial charge in [-0.15, -0.1) is 0 Å². The number of nitrogens with zero attached hydrogens (tertiary/aromatic N) is 2. The normalized spacial score (nSPS) is 26.3. The summed E-state index contributed by atoms with van der Waals surface area (Å²) in [5.74, 6) is 1.65. The first-order valence-corrected chi connectivity index (χ1v) is 10.4. The molecule has 0 aromatic heterocycles. The molecule has 1 saturated carbocycles. The number of nitrogens with one attached hydrogen (secondary N) is 1. The molecular weight excluding hydrogens is 370 g/mol. The van der Waals surface area contributed by atoms with E-state index >= 15 is 0 Å². The number of benzene rings is 1. The van der Waals surface area contributed by atoms with E-state index in [1.54, 1.807) is 31.4 Å². The van der Waals surface area contributed by atoms with Crippen LogP contribution in [-0.4, -0.2) is 74.7 Å². The zero-order valence-corrected chi connectivity index (χ0v) is 17.9. The number of likely N-dealkylation sites (N-methyl/N-ethyl adjacent to an activating group) is 1. The maximum absolute atomic E-state index is 12.7. The minimum atomic E-state index is -0.0310. The number of rotatable bonds is 7.